The van der Waals surface area contributed by atoms with Gasteiger partial charge in [-0.05, 0) is 48.9 Å². The molecule has 0 bridgehead atoms. The zero-order valence-corrected chi connectivity index (χ0v) is 12.5. The van der Waals surface area contributed by atoms with E-state index >= 15 is 0 Å². The molecular weight excluding hydrogens is 266 g/mol. The summed E-state index contributed by atoms with van der Waals surface area (Å²) in [5, 5.41) is 4.54. The first kappa shape index (κ1) is 13.7. The lowest BCUT2D eigenvalue weighted by Gasteiger charge is -2.38. The van der Waals surface area contributed by atoms with Crippen LogP contribution in [-0.4, -0.2) is 6.04 Å². The summed E-state index contributed by atoms with van der Waals surface area (Å²) >= 11 is 5.93. The highest BCUT2D eigenvalue weighted by Crippen LogP contribution is 2.38. The number of rotatable bonds is 4. The van der Waals surface area contributed by atoms with Crippen molar-refractivity contribution in [2.45, 2.75) is 37.8 Å². The van der Waals surface area contributed by atoms with Crippen molar-refractivity contribution in [3.63, 3.8) is 0 Å². The van der Waals surface area contributed by atoms with Crippen molar-refractivity contribution in [3.05, 3.63) is 70.7 Å². The lowest BCUT2D eigenvalue weighted by Crippen LogP contribution is -2.41. The maximum Gasteiger partial charge on any atom is 0.0406 e. The zero-order valence-electron chi connectivity index (χ0n) is 11.7. The molecule has 0 aliphatic heterocycles. The van der Waals surface area contributed by atoms with Gasteiger partial charge in [0.2, 0.25) is 0 Å². The monoisotopic (exact) mass is 285 g/mol. The standard InChI is InChI=1S/C18H20ClN/c1-13(14-5-3-2-4-6-14)20-18-11-16(12-18)15-7-9-17(19)10-8-15/h2-10,13,16,18,20H,11-12H2,1H3/t13-,16?,18?/m0/s1. The van der Waals surface area contributed by atoms with E-state index in [9.17, 15) is 0 Å². The molecule has 2 heteroatoms. The molecule has 1 aliphatic rings. The molecule has 0 aromatic heterocycles. The minimum Gasteiger partial charge on any atom is -0.307 e. The Kier molecular flexibility index (Phi) is 4.09. The molecule has 104 valence electrons. The largest absolute Gasteiger partial charge is 0.307 e. The molecule has 0 radical (unpaired) electrons. The van der Waals surface area contributed by atoms with Gasteiger partial charge in [-0.3, -0.25) is 0 Å². The quantitative estimate of drug-likeness (QED) is 0.839. The molecule has 1 N–H and O–H groups in total. The summed E-state index contributed by atoms with van der Waals surface area (Å²) in [6, 6.07) is 20.0. The lowest BCUT2D eigenvalue weighted by molar-refractivity contribution is 0.271. The molecule has 1 aliphatic carbocycles. The van der Waals surface area contributed by atoms with Gasteiger partial charge in [0.05, 0.1) is 0 Å². The van der Waals surface area contributed by atoms with Crippen molar-refractivity contribution in [1.82, 2.24) is 5.32 Å². The van der Waals surface area contributed by atoms with Gasteiger partial charge in [0, 0.05) is 17.1 Å². The molecular formula is C18H20ClN. The van der Waals surface area contributed by atoms with E-state index in [1.54, 1.807) is 0 Å². The van der Waals surface area contributed by atoms with E-state index in [4.69, 9.17) is 11.6 Å². The van der Waals surface area contributed by atoms with Crippen LogP contribution in [-0.2, 0) is 0 Å². The first-order valence-corrected chi connectivity index (χ1v) is 7.66. The third-order valence-electron chi connectivity index (χ3n) is 4.26. The lowest BCUT2D eigenvalue weighted by atomic mass is 9.75. The average Bonchev–Trinajstić information content (AvgIpc) is 2.44. The fourth-order valence-electron chi connectivity index (χ4n) is 2.95. The van der Waals surface area contributed by atoms with E-state index < -0.39 is 0 Å². The summed E-state index contributed by atoms with van der Waals surface area (Å²) in [5.41, 5.74) is 2.78. The average molecular weight is 286 g/mol. The number of hydrogen-bond donors (Lipinski definition) is 1. The highest BCUT2D eigenvalue weighted by molar-refractivity contribution is 6.30. The number of nitrogens with one attached hydrogen (secondary N) is 1. The van der Waals surface area contributed by atoms with Crippen LogP contribution in [0.15, 0.2) is 54.6 Å². The third-order valence-corrected chi connectivity index (χ3v) is 4.52. The van der Waals surface area contributed by atoms with Crippen LogP contribution < -0.4 is 5.32 Å². The highest BCUT2D eigenvalue weighted by Gasteiger charge is 2.30. The van der Waals surface area contributed by atoms with E-state index in [2.05, 4.69) is 54.7 Å². The second-order valence-corrected chi connectivity index (χ2v) is 6.15. The SMILES string of the molecule is C[C@H](NC1CC(c2ccc(Cl)cc2)C1)c1ccccc1. The smallest absolute Gasteiger partial charge is 0.0406 e. The fourth-order valence-corrected chi connectivity index (χ4v) is 3.08. The fraction of sp³-hybridized carbons (Fsp3) is 0.333. The molecule has 1 saturated carbocycles. The Morgan fingerprint density at radius 1 is 1.00 bits per heavy atom. The second-order valence-electron chi connectivity index (χ2n) is 5.72. The first-order chi connectivity index (χ1) is 9.72. The number of benzene rings is 2. The van der Waals surface area contributed by atoms with E-state index in [-0.39, 0.29) is 0 Å². The normalized spacial score (nSPS) is 23.1. The van der Waals surface area contributed by atoms with Crippen LogP contribution in [0.2, 0.25) is 5.02 Å². The Bertz CT molecular complexity index is 543. The van der Waals surface area contributed by atoms with E-state index in [1.807, 2.05) is 12.1 Å². The van der Waals surface area contributed by atoms with Crippen molar-refractivity contribution in [3.8, 4) is 0 Å². The Balaban J connectivity index is 1.52. The molecule has 0 amide bonds. The van der Waals surface area contributed by atoms with Crippen molar-refractivity contribution in [2.75, 3.05) is 0 Å². The predicted molar refractivity (Wildman–Crippen MR) is 85.2 cm³/mol. The van der Waals surface area contributed by atoms with E-state index in [1.165, 1.54) is 24.0 Å². The molecule has 1 atom stereocenters. The van der Waals surface area contributed by atoms with E-state index in [0.717, 1.165) is 5.02 Å². The van der Waals surface area contributed by atoms with Crippen LogP contribution in [0.3, 0.4) is 0 Å². The van der Waals surface area contributed by atoms with Crippen molar-refractivity contribution in [2.24, 2.45) is 0 Å². The van der Waals surface area contributed by atoms with Gasteiger partial charge in [-0.15, -0.1) is 0 Å². The molecule has 2 aromatic carbocycles. The van der Waals surface area contributed by atoms with Crippen LogP contribution in [0.4, 0.5) is 0 Å². The topological polar surface area (TPSA) is 12.0 Å². The summed E-state index contributed by atoms with van der Waals surface area (Å²) in [4.78, 5) is 0. The Labute approximate surface area is 126 Å². The van der Waals surface area contributed by atoms with Gasteiger partial charge in [-0.1, -0.05) is 54.1 Å². The second kappa shape index (κ2) is 5.99. The molecule has 1 nitrogen and oxygen atoms in total. The molecule has 0 heterocycles. The van der Waals surface area contributed by atoms with E-state index in [0.29, 0.717) is 18.0 Å². The van der Waals surface area contributed by atoms with Gasteiger partial charge in [0.25, 0.3) is 0 Å². The molecule has 0 spiro atoms. The summed E-state index contributed by atoms with van der Waals surface area (Å²) in [6.45, 7) is 2.24. The van der Waals surface area contributed by atoms with Crippen LogP contribution in [0.25, 0.3) is 0 Å². The third kappa shape index (κ3) is 3.05. The molecule has 20 heavy (non-hydrogen) atoms. The summed E-state index contributed by atoms with van der Waals surface area (Å²) in [6.07, 6.45) is 2.44. The first-order valence-electron chi connectivity index (χ1n) is 7.29. The summed E-state index contributed by atoms with van der Waals surface area (Å²) in [5.74, 6) is 0.688. The number of halogens is 1. The van der Waals surface area contributed by atoms with Crippen molar-refractivity contribution >= 4 is 11.6 Å². The zero-order chi connectivity index (χ0) is 13.9. The minimum absolute atomic E-state index is 0.423. The Morgan fingerprint density at radius 2 is 1.65 bits per heavy atom. The van der Waals surface area contributed by atoms with Crippen LogP contribution in [0.5, 0.6) is 0 Å². The molecule has 1 fully saturated rings. The van der Waals surface area contributed by atoms with Crippen LogP contribution >= 0.6 is 11.6 Å². The van der Waals surface area contributed by atoms with Crippen molar-refractivity contribution < 1.29 is 0 Å². The van der Waals surface area contributed by atoms with Gasteiger partial charge in [0.15, 0.2) is 0 Å². The van der Waals surface area contributed by atoms with Crippen LogP contribution in [0.1, 0.15) is 42.9 Å². The molecule has 2 aromatic rings. The van der Waals surface area contributed by atoms with Crippen LogP contribution in [0, 0.1) is 0 Å². The summed E-state index contributed by atoms with van der Waals surface area (Å²) in [7, 11) is 0. The predicted octanol–water partition coefficient (Wildman–Crippen LogP) is 4.94. The minimum atomic E-state index is 0.423. The number of hydrogen-bond acceptors (Lipinski definition) is 1. The molecule has 0 saturated heterocycles. The Morgan fingerprint density at radius 3 is 2.30 bits per heavy atom. The maximum atomic E-state index is 5.93. The van der Waals surface area contributed by atoms with Gasteiger partial charge in [-0.2, -0.15) is 0 Å². The molecule has 0 unspecified atom stereocenters. The maximum absolute atomic E-state index is 5.93. The Hall–Kier alpha value is -1.31. The van der Waals surface area contributed by atoms with Gasteiger partial charge in [-0.25, -0.2) is 0 Å². The van der Waals surface area contributed by atoms with Gasteiger partial charge >= 0.3 is 0 Å². The molecule has 3 rings (SSSR count). The highest BCUT2D eigenvalue weighted by atomic mass is 35.5. The van der Waals surface area contributed by atoms with Gasteiger partial charge < -0.3 is 5.32 Å². The summed E-state index contributed by atoms with van der Waals surface area (Å²) < 4.78 is 0. The van der Waals surface area contributed by atoms with Gasteiger partial charge in [0.1, 0.15) is 0 Å². The van der Waals surface area contributed by atoms with Crippen molar-refractivity contribution in [1.29, 1.82) is 0 Å².